The Labute approximate surface area is 378 Å². The van der Waals surface area contributed by atoms with E-state index in [0.717, 1.165) is 44.1 Å². The van der Waals surface area contributed by atoms with Crippen LogP contribution < -0.4 is 29.6 Å². The molecule has 4 heterocycles. The van der Waals surface area contributed by atoms with E-state index in [1.165, 1.54) is 4.90 Å². The van der Waals surface area contributed by atoms with Gasteiger partial charge in [-0.15, -0.1) is 0 Å². The summed E-state index contributed by atoms with van der Waals surface area (Å²) in [6.07, 6.45) is 9.81. The van der Waals surface area contributed by atoms with Gasteiger partial charge < -0.3 is 34.5 Å². The Hall–Kier alpha value is -5.91. The van der Waals surface area contributed by atoms with Crippen LogP contribution in [0.25, 0.3) is 27.8 Å². The Balaban J connectivity index is 1.07. The molecule has 2 aliphatic heterocycles. The number of hydrogen-bond donors (Lipinski definition) is 3. The molecule has 2 aromatic heterocycles. The number of aromatic nitrogens is 3. The van der Waals surface area contributed by atoms with E-state index in [-0.39, 0.29) is 37.5 Å². The molecule has 5 aliphatic rings. The second-order valence-electron chi connectivity index (χ2n) is 18.3. The summed E-state index contributed by atoms with van der Waals surface area (Å²) in [5.41, 5.74) is 0.849. The van der Waals surface area contributed by atoms with Crippen LogP contribution in [0.1, 0.15) is 97.3 Å². The zero-order valence-electron chi connectivity index (χ0n) is 37.0. The van der Waals surface area contributed by atoms with Gasteiger partial charge in [-0.25, -0.2) is 18.2 Å². The minimum Gasteiger partial charge on any atom is -0.494 e. The minimum atomic E-state index is -3.93. The third-order valence-electron chi connectivity index (χ3n) is 13.1. The molecule has 17 nitrogen and oxygen atoms in total. The zero-order valence-corrected chi connectivity index (χ0v) is 37.8. The number of ether oxygens (including phenoxy) is 4. The first-order chi connectivity index (χ1) is 31.3. The highest BCUT2D eigenvalue weighted by atomic mass is 32.2. The summed E-state index contributed by atoms with van der Waals surface area (Å²) in [7, 11) is -2.37. The van der Waals surface area contributed by atoms with Gasteiger partial charge in [-0.1, -0.05) is 31.1 Å². The molecule has 2 aromatic carbocycles. The average Bonchev–Trinajstić information content (AvgIpc) is 4.09. The summed E-state index contributed by atoms with van der Waals surface area (Å²) in [4.78, 5) is 63.4. The standard InChI is InChI=1S/C47H57N7O10S/c1-28(2)62-32-20-18-29(19-21-32)37-25-40(54-42(48-37)35-15-11-17-39(61-3)41(35)51-54)63-33-24-38-43(55)50-47(45(57)52-65(59,60)34-22-23-34)26-30(47)12-7-5-4-6-8-16-36(44(56)53(38)27-33)49-46(58)64-31-13-9-10-14-31/h7,11-12,15,17-21,25,28,30-31,33-34,36,38H,4-6,8-10,13-14,16,22-24,26-27H2,1-3H3,(H,49,58)(H,50,55)(H,52,57)/b12-7-/t30-,33+,36-,38-,47+/m0/s1. The molecular weight excluding hydrogens is 855 g/mol. The van der Waals surface area contributed by atoms with Crippen LogP contribution in [0, 0.1) is 5.92 Å². The summed E-state index contributed by atoms with van der Waals surface area (Å²) in [6.45, 7) is 3.85. The summed E-state index contributed by atoms with van der Waals surface area (Å²) < 4.78 is 54.0. The molecule has 3 saturated carbocycles. The molecule has 18 heteroatoms. The summed E-state index contributed by atoms with van der Waals surface area (Å²) in [5, 5.41) is 10.7. The SMILES string of the molecule is COc1cccc2c1nn1c(O[C@@H]3C[C@H]4C(=O)N[C@]5(C(=O)NS(=O)(=O)C6CC6)C[C@@H]5/C=C\CCCCC[C@H](NC(=O)OC5CCCC5)C(=O)N4C3)cc(-c3ccc(OC(C)C)cc3)nc21. The Morgan fingerprint density at radius 2 is 1.72 bits per heavy atom. The molecule has 0 spiro atoms. The molecule has 65 heavy (non-hydrogen) atoms. The first kappa shape index (κ1) is 44.3. The third-order valence-corrected chi connectivity index (χ3v) is 14.9. The van der Waals surface area contributed by atoms with Crippen molar-refractivity contribution in [1.29, 1.82) is 0 Å². The molecule has 9 rings (SSSR count). The Morgan fingerprint density at radius 3 is 2.46 bits per heavy atom. The van der Waals surface area contributed by atoms with Crippen LogP contribution in [0.3, 0.4) is 0 Å². The van der Waals surface area contributed by atoms with E-state index in [0.29, 0.717) is 65.8 Å². The van der Waals surface area contributed by atoms with Crippen LogP contribution in [0.2, 0.25) is 0 Å². The van der Waals surface area contributed by atoms with Gasteiger partial charge in [-0.2, -0.15) is 9.61 Å². The van der Waals surface area contributed by atoms with Gasteiger partial charge in [0.05, 0.1) is 36.1 Å². The van der Waals surface area contributed by atoms with Crippen molar-refractivity contribution in [2.75, 3.05) is 13.7 Å². The van der Waals surface area contributed by atoms with Crippen molar-refractivity contribution in [1.82, 2.24) is 34.9 Å². The van der Waals surface area contributed by atoms with E-state index in [2.05, 4.69) is 15.4 Å². The fourth-order valence-electron chi connectivity index (χ4n) is 9.38. The van der Waals surface area contributed by atoms with Gasteiger partial charge in [-0.05, 0) is 114 Å². The third kappa shape index (κ3) is 9.45. The predicted molar refractivity (Wildman–Crippen MR) is 240 cm³/mol. The molecule has 346 valence electrons. The maximum atomic E-state index is 14.9. The smallest absolute Gasteiger partial charge is 0.408 e. The number of carbonyl (C=O) groups excluding carboxylic acids is 4. The van der Waals surface area contributed by atoms with Gasteiger partial charge in [0.25, 0.3) is 5.91 Å². The normalized spacial score (nSPS) is 25.8. The molecule has 4 fully saturated rings. The number of nitrogens with one attached hydrogen (secondary N) is 3. The monoisotopic (exact) mass is 911 g/mol. The lowest BCUT2D eigenvalue weighted by Gasteiger charge is -2.30. The van der Waals surface area contributed by atoms with E-state index in [9.17, 15) is 27.6 Å². The van der Waals surface area contributed by atoms with Crippen LogP contribution in [-0.2, 0) is 29.1 Å². The number of methoxy groups -OCH3 is 1. The van der Waals surface area contributed by atoms with Gasteiger partial charge in [0.15, 0.2) is 5.65 Å². The first-order valence-corrected chi connectivity index (χ1v) is 24.5. The van der Waals surface area contributed by atoms with Crippen molar-refractivity contribution in [3.8, 4) is 28.6 Å². The maximum Gasteiger partial charge on any atom is 0.408 e. The van der Waals surface area contributed by atoms with E-state index >= 15 is 0 Å². The number of carbonyl (C=O) groups is 4. The second-order valence-corrected chi connectivity index (χ2v) is 20.2. The quantitative estimate of drug-likeness (QED) is 0.154. The van der Waals surface area contributed by atoms with E-state index < -0.39 is 68.7 Å². The maximum absolute atomic E-state index is 14.9. The number of fused-ring (bicyclic) bond motifs is 5. The van der Waals surface area contributed by atoms with Crippen molar-refractivity contribution in [2.24, 2.45) is 5.92 Å². The van der Waals surface area contributed by atoms with E-state index in [1.807, 2.05) is 62.4 Å². The van der Waals surface area contributed by atoms with Crippen LogP contribution in [0.4, 0.5) is 4.79 Å². The van der Waals surface area contributed by atoms with Crippen LogP contribution in [0.15, 0.2) is 60.7 Å². The summed E-state index contributed by atoms with van der Waals surface area (Å²) in [6, 6.07) is 12.7. The Kier molecular flexibility index (Phi) is 12.4. The van der Waals surface area contributed by atoms with E-state index in [1.54, 1.807) is 23.8 Å². The van der Waals surface area contributed by atoms with Crippen LogP contribution in [0.5, 0.6) is 17.4 Å². The largest absolute Gasteiger partial charge is 0.494 e. The van der Waals surface area contributed by atoms with Crippen LogP contribution >= 0.6 is 0 Å². The molecule has 3 N–H and O–H groups in total. The number of hydrogen-bond acceptors (Lipinski definition) is 12. The molecule has 3 aliphatic carbocycles. The number of alkyl carbamates (subject to hydrolysis) is 1. The number of nitrogens with zero attached hydrogens (tertiary/aromatic N) is 4. The molecule has 0 unspecified atom stereocenters. The predicted octanol–water partition coefficient (Wildman–Crippen LogP) is 5.73. The molecule has 5 atom stereocenters. The highest BCUT2D eigenvalue weighted by Crippen LogP contribution is 2.46. The minimum absolute atomic E-state index is 0.000111. The number of amides is 4. The fourth-order valence-corrected chi connectivity index (χ4v) is 10.7. The first-order valence-electron chi connectivity index (χ1n) is 22.9. The van der Waals surface area contributed by atoms with Gasteiger partial charge in [0, 0.05) is 24.0 Å². The highest BCUT2D eigenvalue weighted by Gasteiger charge is 2.62. The lowest BCUT2D eigenvalue weighted by molar-refractivity contribution is -0.141. The number of benzene rings is 2. The number of sulfonamides is 1. The van der Waals surface area contributed by atoms with Crippen LogP contribution in [-0.4, -0.2) is 107 Å². The zero-order chi connectivity index (χ0) is 45.5. The van der Waals surface area contributed by atoms with Crippen molar-refractivity contribution in [2.45, 2.75) is 139 Å². The van der Waals surface area contributed by atoms with Gasteiger partial charge in [0.1, 0.15) is 46.8 Å². The number of allylic oxidation sites excluding steroid dienone is 1. The lowest BCUT2D eigenvalue weighted by Crippen LogP contribution is -2.58. The summed E-state index contributed by atoms with van der Waals surface area (Å²) in [5.74, 6) is -0.862. The summed E-state index contributed by atoms with van der Waals surface area (Å²) >= 11 is 0. The van der Waals surface area contributed by atoms with Gasteiger partial charge in [0.2, 0.25) is 27.7 Å². The second kappa shape index (κ2) is 18.2. The van der Waals surface area contributed by atoms with Gasteiger partial charge in [-0.3, -0.25) is 19.1 Å². The molecule has 0 bridgehead atoms. The van der Waals surface area contributed by atoms with Crippen molar-refractivity contribution >= 4 is 50.4 Å². The average molecular weight is 912 g/mol. The Morgan fingerprint density at radius 1 is 0.954 bits per heavy atom. The van der Waals surface area contributed by atoms with E-state index in [4.69, 9.17) is 29.0 Å². The molecule has 4 amide bonds. The molecule has 0 radical (unpaired) electrons. The van der Waals surface area contributed by atoms with Crippen molar-refractivity contribution < 1.29 is 46.5 Å². The van der Waals surface area contributed by atoms with Gasteiger partial charge >= 0.3 is 6.09 Å². The lowest BCUT2D eigenvalue weighted by atomic mass is 10.0. The van der Waals surface area contributed by atoms with Crippen molar-refractivity contribution in [3.63, 3.8) is 0 Å². The molecule has 1 saturated heterocycles. The topological polar surface area (TPSA) is 209 Å². The number of rotatable bonds is 11. The molecule has 4 aromatic rings. The Bertz CT molecular complexity index is 2610. The fraction of sp³-hybridized carbons (Fsp3) is 0.532. The van der Waals surface area contributed by atoms with Crippen molar-refractivity contribution in [3.05, 3.63) is 60.7 Å². The highest BCUT2D eigenvalue weighted by molar-refractivity contribution is 7.91. The molecular formula is C47H57N7O10S.